The zero-order valence-corrected chi connectivity index (χ0v) is 19.7. The Morgan fingerprint density at radius 3 is 2.31 bits per heavy atom. The monoisotopic (exact) mass is 472 g/mol. The number of carbonyl (C=O) groups is 1. The molecule has 0 unspecified atom stereocenters. The number of ether oxygens (including phenoxy) is 1. The summed E-state index contributed by atoms with van der Waals surface area (Å²) in [5.41, 5.74) is 1.78. The number of aryl methyl sites for hydroxylation is 1. The highest BCUT2D eigenvalue weighted by Gasteiger charge is 2.27. The number of hydrogen-bond donors (Lipinski definition) is 1. The van der Waals surface area contributed by atoms with E-state index in [1.807, 2.05) is 20.8 Å². The lowest BCUT2D eigenvalue weighted by atomic mass is 10.2. The Morgan fingerprint density at radius 1 is 1.03 bits per heavy atom. The number of amides is 1. The first kappa shape index (κ1) is 23.6. The van der Waals surface area contributed by atoms with Crippen LogP contribution in [0.15, 0.2) is 77.7 Å². The lowest BCUT2D eigenvalue weighted by Gasteiger charge is -2.24. The summed E-state index contributed by atoms with van der Waals surface area (Å²) >= 11 is 5.97. The van der Waals surface area contributed by atoms with Crippen molar-refractivity contribution in [2.45, 2.75) is 31.8 Å². The molecular formula is C24H25ClN2O4S. The summed E-state index contributed by atoms with van der Waals surface area (Å²) < 4.78 is 33.5. The van der Waals surface area contributed by atoms with Crippen LogP contribution >= 0.6 is 11.6 Å². The van der Waals surface area contributed by atoms with E-state index < -0.39 is 22.5 Å². The maximum atomic E-state index is 13.4. The SMILES string of the molecule is Cc1ccc(S(=O)(=O)N(CC(=O)Nc2cccc(OC(C)C)c2)c2ccc(Cl)cc2)cc1. The van der Waals surface area contributed by atoms with Crippen molar-refractivity contribution < 1.29 is 17.9 Å². The second-order valence-corrected chi connectivity index (χ2v) is 9.84. The molecule has 3 aromatic rings. The van der Waals surface area contributed by atoms with Gasteiger partial charge in [0.25, 0.3) is 10.0 Å². The van der Waals surface area contributed by atoms with Gasteiger partial charge in [-0.05, 0) is 69.3 Å². The van der Waals surface area contributed by atoms with Crippen molar-refractivity contribution in [3.63, 3.8) is 0 Å². The second kappa shape index (κ2) is 10.1. The normalized spacial score (nSPS) is 11.3. The Morgan fingerprint density at radius 2 is 1.69 bits per heavy atom. The van der Waals surface area contributed by atoms with Crippen LogP contribution in [0.3, 0.4) is 0 Å². The zero-order valence-electron chi connectivity index (χ0n) is 18.1. The fraction of sp³-hybridized carbons (Fsp3) is 0.208. The van der Waals surface area contributed by atoms with Gasteiger partial charge in [0, 0.05) is 16.8 Å². The van der Waals surface area contributed by atoms with Crippen molar-refractivity contribution in [2.24, 2.45) is 0 Å². The Kier molecular flexibility index (Phi) is 7.43. The molecular weight excluding hydrogens is 448 g/mol. The molecule has 0 radical (unpaired) electrons. The minimum Gasteiger partial charge on any atom is -0.491 e. The molecule has 0 bridgehead atoms. The molecule has 32 heavy (non-hydrogen) atoms. The number of carbonyl (C=O) groups excluding carboxylic acids is 1. The first-order chi connectivity index (χ1) is 15.1. The van der Waals surface area contributed by atoms with E-state index >= 15 is 0 Å². The third-order valence-electron chi connectivity index (χ3n) is 4.50. The first-order valence-electron chi connectivity index (χ1n) is 10.1. The summed E-state index contributed by atoms with van der Waals surface area (Å²) in [6, 6.07) is 19.7. The number of sulfonamides is 1. The highest BCUT2D eigenvalue weighted by atomic mass is 35.5. The molecule has 0 fully saturated rings. The van der Waals surface area contributed by atoms with Gasteiger partial charge in [-0.3, -0.25) is 9.10 Å². The van der Waals surface area contributed by atoms with Crippen LogP contribution in [0.2, 0.25) is 5.02 Å². The van der Waals surface area contributed by atoms with Crippen LogP contribution in [0, 0.1) is 6.92 Å². The average Bonchev–Trinajstić information content (AvgIpc) is 2.73. The van der Waals surface area contributed by atoms with E-state index in [1.54, 1.807) is 60.7 Å². The third-order valence-corrected chi connectivity index (χ3v) is 6.54. The molecule has 0 aliphatic heterocycles. The molecule has 0 saturated carbocycles. The fourth-order valence-corrected chi connectivity index (χ4v) is 4.56. The number of anilines is 2. The highest BCUT2D eigenvalue weighted by Crippen LogP contribution is 2.26. The van der Waals surface area contributed by atoms with E-state index in [0.29, 0.717) is 22.1 Å². The van der Waals surface area contributed by atoms with Crippen LogP contribution in [0.4, 0.5) is 11.4 Å². The molecule has 3 rings (SSSR count). The van der Waals surface area contributed by atoms with Gasteiger partial charge >= 0.3 is 0 Å². The van der Waals surface area contributed by atoms with E-state index in [9.17, 15) is 13.2 Å². The number of hydrogen-bond acceptors (Lipinski definition) is 4. The lowest BCUT2D eigenvalue weighted by Crippen LogP contribution is -2.38. The van der Waals surface area contributed by atoms with Crippen molar-refractivity contribution in [3.05, 3.63) is 83.4 Å². The maximum absolute atomic E-state index is 13.4. The molecule has 0 aromatic heterocycles. The van der Waals surface area contributed by atoms with Crippen molar-refractivity contribution >= 4 is 38.9 Å². The molecule has 0 aliphatic rings. The van der Waals surface area contributed by atoms with Crippen molar-refractivity contribution in [1.82, 2.24) is 0 Å². The standard InChI is InChI=1S/C24H25ClN2O4S/c1-17(2)31-22-6-4-5-20(15-22)26-24(28)16-27(21-11-9-19(25)10-12-21)32(29,30)23-13-7-18(3)8-14-23/h4-15,17H,16H2,1-3H3,(H,26,28). The summed E-state index contributed by atoms with van der Waals surface area (Å²) in [5.74, 6) is 0.122. The van der Waals surface area contributed by atoms with Crippen LogP contribution in [0.5, 0.6) is 5.75 Å². The predicted molar refractivity (Wildman–Crippen MR) is 128 cm³/mol. The summed E-state index contributed by atoms with van der Waals surface area (Å²) in [5, 5.41) is 3.21. The van der Waals surface area contributed by atoms with Gasteiger partial charge in [0.05, 0.1) is 16.7 Å². The molecule has 6 nitrogen and oxygen atoms in total. The number of halogens is 1. The molecule has 3 aromatic carbocycles. The minimum absolute atomic E-state index is 0.0130. The lowest BCUT2D eigenvalue weighted by molar-refractivity contribution is -0.114. The molecule has 168 valence electrons. The molecule has 0 aliphatic carbocycles. The van der Waals surface area contributed by atoms with E-state index in [1.165, 1.54) is 12.1 Å². The van der Waals surface area contributed by atoms with Gasteiger partial charge in [0.2, 0.25) is 5.91 Å². The van der Waals surface area contributed by atoms with Gasteiger partial charge in [0.1, 0.15) is 12.3 Å². The smallest absolute Gasteiger partial charge is 0.264 e. The summed E-state index contributed by atoms with van der Waals surface area (Å²) in [6.07, 6.45) is -0.0130. The van der Waals surface area contributed by atoms with Gasteiger partial charge in [-0.25, -0.2) is 8.42 Å². The van der Waals surface area contributed by atoms with Gasteiger partial charge < -0.3 is 10.1 Å². The van der Waals surface area contributed by atoms with E-state index in [4.69, 9.17) is 16.3 Å². The topological polar surface area (TPSA) is 75.7 Å². The second-order valence-electron chi connectivity index (χ2n) is 7.54. The van der Waals surface area contributed by atoms with Crippen LogP contribution in [0.1, 0.15) is 19.4 Å². The van der Waals surface area contributed by atoms with Crippen LogP contribution in [0.25, 0.3) is 0 Å². The molecule has 1 N–H and O–H groups in total. The predicted octanol–water partition coefficient (Wildman–Crippen LogP) is 5.27. The van der Waals surface area contributed by atoms with Crippen LogP contribution < -0.4 is 14.4 Å². The van der Waals surface area contributed by atoms with Crippen molar-refractivity contribution in [2.75, 3.05) is 16.2 Å². The Hall–Kier alpha value is -3.03. The number of rotatable bonds is 8. The molecule has 0 atom stereocenters. The number of nitrogens with one attached hydrogen (secondary N) is 1. The van der Waals surface area contributed by atoms with Crippen molar-refractivity contribution in [1.29, 1.82) is 0 Å². The molecule has 0 spiro atoms. The Balaban J connectivity index is 1.88. The number of benzene rings is 3. The van der Waals surface area contributed by atoms with Gasteiger partial charge in [-0.2, -0.15) is 0 Å². The first-order valence-corrected chi connectivity index (χ1v) is 11.9. The van der Waals surface area contributed by atoms with Gasteiger partial charge in [0.15, 0.2) is 0 Å². The number of nitrogens with zero attached hydrogens (tertiary/aromatic N) is 1. The summed E-state index contributed by atoms with van der Waals surface area (Å²) in [6.45, 7) is 5.28. The summed E-state index contributed by atoms with van der Waals surface area (Å²) in [4.78, 5) is 12.9. The van der Waals surface area contributed by atoms with E-state index in [2.05, 4.69) is 5.32 Å². The minimum atomic E-state index is -3.99. The molecule has 0 heterocycles. The quantitative estimate of drug-likeness (QED) is 0.484. The van der Waals surface area contributed by atoms with Crippen LogP contribution in [-0.4, -0.2) is 27.0 Å². The Labute approximate surface area is 193 Å². The van der Waals surface area contributed by atoms with Gasteiger partial charge in [-0.15, -0.1) is 0 Å². The fourth-order valence-electron chi connectivity index (χ4n) is 3.01. The molecule has 0 saturated heterocycles. The van der Waals surface area contributed by atoms with E-state index in [0.717, 1.165) is 9.87 Å². The van der Waals surface area contributed by atoms with Crippen molar-refractivity contribution in [3.8, 4) is 5.75 Å². The largest absolute Gasteiger partial charge is 0.491 e. The van der Waals surface area contributed by atoms with E-state index in [-0.39, 0.29) is 11.0 Å². The third kappa shape index (κ3) is 6.02. The van der Waals surface area contributed by atoms with Gasteiger partial charge in [-0.1, -0.05) is 35.4 Å². The van der Waals surface area contributed by atoms with Crippen LogP contribution in [-0.2, 0) is 14.8 Å². The highest BCUT2D eigenvalue weighted by molar-refractivity contribution is 7.92. The zero-order chi connectivity index (χ0) is 23.3. The molecule has 1 amide bonds. The maximum Gasteiger partial charge on any atom is 0.264 e. The Bertz CT molecular complexity index is 1180. The molecule has 8 heteroatoms. The average molecular weight is 473 g/mol. The summed E-state index contributed by atoms with van der Waals surface area (Å²) in [7, 11) is -3.99.